The fourth-order valence-electron chi connectivity index (χ4n) is 1.27. The van der Waals surface area contributed by atoms with Gasteiger partial charge in [-0.3, -0.25) is 0 Å². The Morgan fingerprint density at radius 1 is 1.20 bits per heavy atom. The summed E-state index contributed by atoms with van der Waals surface area (Å²) in [4.78, 5) is 7.25. The van der Waals surface area contributed by atoms with E-state index in [-0.39, 0.29) is 10.5 Å². The third kappa shape index (κ3) is 2.81. The lowest BCUT2D eigenvalue weighted by Crippen LogP contribution is -2.28. The van der Waals surface area contributed by atoms with Crippen LogP contribution in [0.15, 0.2) is 22.9 Å². The minimum absolute atomic E-state index is 0.0211. The first kappa shape index (κ1) is 15.3. The molecule has 0 aliphatic carbocycles. The first-order chi connectivity index (χ1) is 9.12. The highest BCUT2D eigenvalue weighted by molar-refractivity contribution is 9.10. The predicted molar refractivity (Wildman–Crippen MR) is 67.9 cm³/mol. The van der Waals surface area contributed by atoms with E-state index in [4.69, 9.17) is 11.6 Å². The van der Waals surface area contributed by atoms with E-state index in [9.17, 15) is 21.6 Å². The quantitative estimate of drug-likeness (QED) is 0.446. The molecule has 0 amide bonds. The van der Waals surface area contributed by atoms with Crippen LogP contribution in [-0.4, -0.2) is 23.9 Å². The molecule has 0 N–H and O–H groups in total. The van der Waals surface area contributed by atoms with Gasteiger partial charge in [-0.2, -0.15) is 21.6 Å². The van der Waals surface area contributed by atoms with Crippen molar-refractivity contribution in [3.63, 3.8) is 0 Å². The molecule has 0 saturated heterocycles. The molecule has 5 nitrogen and oxygen atoms in total. The Bertz CT molecular complexity index is 782. The zero-order chi connectivity index (χ0) is 15.1. The standard InChI is InChI=1S/C9H3BrClF3N2O3S/c10-6-3-16-8(19-20(17,18)9(12,13)14)4-1-7(11)15-2-5(4)6/h1-3H. The fraction of sp³-hybridized carbons (Fsp3) is 0.111. The summed E-state index contributed by atoms with van der Waals surface area (Å²) in [5.41, 5.74) is -5.55. The number of hydrogen-bond acceptors (Lipinski definition) is 5. The van der Waals surface area contributed by atoms with Gasteiger partial charge >= 0.3 is 15.6 Å². The van der Waals surface area contributed by atoms with Crippen LogP contribution >= 0.6 is 27.5 Å². The molecule has 0 radical (unpaired) electrons. The molecule has 20 heavy (non-hydrogen) atoms. The number of pyridine rings is 2. The second-order valence-corrected chi connectivity index (χ2v) is 6.23. The molecule has 0 saturated carbocycles. The highest BCUT2D eigenvalue weighted by Gasteiger charge is 2.49. The topological polar surface area (TPSA) is 69.2 Å². The maximum atomic E-state index is 12.3. The normalized spacial score (nSPS) is 12.7. The minimum Gasteiger partial charge on any atom is -0.355 e. The van der Waals surface area contributed by atoms with Crippen LogP contribution in [0.2, 0.25) is 5.15 Å². The van der Waals surface area contributed by atoms with Gasteiger partial charge in [-0.15, -0.1) is 0 Å². The Labute approximate surface area is 124 Å². The van der Waals surface area contributed by atoms with Crippen LogP contribution < -0.4 is 4.18 Å². The lowest BCUT2D eigenvalue weighted by Gasteiger charge is -2.11. The van der Waals surface area contributed by atoms with E-state index in [1.54, 1.807) is 0 Å². The monoisotopic (exact) mass is 390 g/mol. The van der Waals surface area contributed by atoms with Gasteiger partial charge in [-0.1, -0.05) is 11.6 Å². The molecule has 0 aromatic carbocycles. The van der Waals surface area contributed by atoms with Gasteiger partial charge in [0.25, 0.3) is 0 Å². The number of fused-ring (bicyclic) bond motifs is 1. The van der Waals surface area contributed by atoms with E-state index in [0.29, 0.717) is 9.86 Å². The molecular weight excluding hydrogens is 389 g/mol. The Hall–Kier alpha value is -1.13. The van der Waals surface area contributed by atoms with Gasteiger partial charge in [0.15, 0.2) is 0 Å². The minimum atomic E-state index is -5.81. The molecule has 2 aromatic heterocycles. The third-order valence-electron chi connectivity index (χ3n) is 2.13. The Morgan fingerprint density at radius 3 is 2.45 bits per heavy atom. The van der Waals surface area contributed by atoms with Crippen LogP contribution in [0.5, 0.6) is 5.88 Å². The van der Waals surface area contributed by atoms with Crippen molar-refractivity contribution < 1.29 is 25.8 Å². The molecule has 0 aliphatic heterocycles. The number of rotatable bonds is 2. The average molecular weight is 392 g/mol. The van der Waals surface area contributed by atoms with Crippen molar-refractivity contribution in [2.24, 2.45) is 0 Å². The van der Waals surface area contributed by atoms with Gasteiger partial charge in [0.05, 0.1) is 5.39 Å². The van der Waals surface area contributed by atoms with E-state index >= 15 is 0 Å². The van der Waals surface area contributed by atoms with Gasteiger partial charge in [-0.05, 0) is 22.0 Å². The Morgan fingerprint density at radius 2 is 1.85 bits per heavy atom. The molecule has 0 spiro atoms. The molecule has 11 heteroatoms. The van der Waals surface area contributed by atoms with Crippen LogP contribution in [-0.2, 0) is 10.1 Å². The maximum Gasteiger partial charge on any atom is 0.534 e. The van der Waals surface area contributed by atoms with Crippen molar-refractivity contribution in [3.05, 3.63) is 28.1 Å². The molecule has 2 rings (SSSR count). The van der Waals surface area contributed by atoms with Crippen molar-refractivity contribution in [1.82, 2.24) is 9.97 Å². The van der Waals surface area contributed by atoms with Gasteiger partial charge in [0.2, 0.25) is 5.88 Å². The Kier molecular flexibility index (Phi) is 3.82. The smallest absolute Gasteiger partial charge is 0.355 e. The van der Waals surface area contributed by atoms with Crippen molar-refractivity contribution >= 4 is 48.4 Å². The molecule has 0 fully saturated rings. The molecule has 0 bridgehead atoms. The number of aromatic nitrogens is 2. The molecule has 2 aromatic rings. The fourth-order valence-corrected chi connectivity index (χ4v) is 2.28. The van der Waals surface area contributed by atoms with Gasteiger partial charge < -0.3 is 4.18 Å². The lowest BCUT2D eigenvalue weighted by molar-refractivity contribution is -0.0500. The van der Waals surface area contributed by atoms with Crippen molar-refractivity contribution in [3.8, 4) is 5.88 Å². The van der Waals surface area contributed by atoms with Crippen molar-refractivity contribution in [2.75, 3.05) is 0 Å². The molecule has 0 atom stereocenters. The summed E-state index contributed by atoms with van der Waals surface area (Å²) in [6.45, 7) is 0. The van der Waals surface area contributed by atoms with E-state index in [2.05, 4.69) is 30.1 Å². The summed E-state index contributed by atoms with van der Waals surface area (Å²) < 4.78 is 63.3. The molecule has 2 heterocycles. The van der Waals surface area contributed by atoms with Crippen LogP contribution in [0.1, 0.15) is 0 Å². The summed E-state index contributed by atoms with van der Waals surface area (Å²) in [6.07, 6.45) is 2.34. The van der Waals surface area contributed by atoms with E-state index in [1.807, 2.05) is 0 Å². The Balaban J connectivity index is 2.62. The first-order valence-corrected chi connectivity index (χ1v) is 7.30. The van der Waals surface area contributed by atoms with E-state index in [1.165, 1.54) is 6.20 Å². The van der Waals surface area contributed by atoms with E-state index < -0.39 is 21.5 Å². The highest BCUT2D eigenvalue weighted by Crippen LogP contribution is 2.33. The van der Waals surface area contributed by atoms with E-state index in [0.717, 1.165) is 12.3 Å². The van der Waals surface area contributed by atoms with Crippen molar-refractivity contribution in [2.45, 2.75) is 5.51 Å². The number of hydrogen-bond donors (Lipinski definition) is 0. The van der Waals surface area contributed by atoms with Crippen LogP contribution in [0.25, 0.3) is 10.8 Å². The van der Waals surface area contributed by atoms with Gasteiger partial charge in [-0.25, -0.2) is 9.97 Å². The van der Waals surface area contributed by atoms with Gasteiger partial charge in [0.1, 0.15) is 5.15 Å². The SMILES string of the molecule is O=S(=O)(Oc1ncc(Br)c2cnc(Cl)cc12)C(F)(F)F. The summed E-state index contributed by atoms with van der Waals surface area (Å²) in [6, 6.07) is 1.15. The molecule has 0 unspecified atom stereocenters. The number of alkyl halides is 3. The summed E-state index contributed by atoms with van der Waals surface area (Å²) >= 11 is 8.72. The predicted octanol–water partition coefficient (Wildman–Crippen LogP) is 3.27. The lowest BCUT2D eigenvalue weighted by atomic mass is 10.2. The van der Waals surface area contributed by atoms with Crippen LogP contribution in [0, 0.1) is 0 Å². The second kappa shape index (κ2) is 5.01. The first-order valence-electron chi connectivity index (χ1n) is 4.72. The second-order valence-electron chi connectivity index (χ2n) is 3.45. The molecular formula is C9H3BrClF3N2O3S. The summed E-state index contributed by atoms with van der Waals surface area (Å²) in [7, 11) is -5.81. The highest BCUT2D eigenvalue weighted by atomic mass is 79.9. The number of halogens is 5. The van der Waals surface area contributed by atoms with Gasteiger partial charge in [0, 0.05) is 22.3 Å². The average Bonchev–Trinajstić information content (AvgIpc) is 2.31. The molecule has 0 aliphatic rings. The summed E-state index contributed by atoms with van der Waals surface area (Å²) in [5.74, 6) is -0.732. The zero-order valence-electron chi connectivity index (χ0n) is 9.15. The van der Waals surface area contributed by atoms with Crippen molar-refractivity contribution in [1.29, 1.82) is 0 Å². The maximum absolute atomic E-state index is 12.3. The van der Waals surface area contributed by atoms with Crippen LogP contribution in [0.4, 0.5) is 13.2 Å². The third-order valence-corrected chi connectivity index (χ3v) is 3.91. The molecule has 108 valence electrons. The zero-order valence-corrected chi connectivity index (χ0v) is 12.3. The van der Waals surface area contributed by atoms with Crippen LogP contribution in [0.3, 0.4) is 0 Å². The summed E-state index contributed by atoms with van der Waals surface area (Å²) in [5, 5.41) is 0.232. The number of nitrogens with zero attached hydrogens (tertiary/aromatic N) is 2. The largest absolute Gasteiger partial charge is 0.534 e.